The quantitative estimate of drug-likeness (QED) is 0.778. The summed E-state index contributed by atoms with van der Waals surface area (Å²) in [5, 5.41) is 3.62. The van der Waals surface area contributed by atoms with Crippen LogP contribution < -0.4 is 16.8 Å². The van der Waals surface area contributed by atoms with E-state index in [2.05, 4.69) is 10.3 Å². The molecule has 4 rings (SSSR count). The maximum atomic E-state index is 6.09. The van der Waals surface area contributed by atoms with E-state index < -0.39 is 0 Å². The maximum Gasteiger partial charge on any atom is 0.222 e. The van der Waals surface area contributed by atoms with Gasteiger partial charge in [0.05, 0.1) is 5.69 Å². The van der Waals surface area contributed by atoms with Crippen molar-refractivity contribution in [3.05, 3.63) is 11.3 Å². The Kier molecular flexibility index (Phi) is 4.85. The predicted molar refractivity (Wildman–Crippen MR) is 103 cm³/mol. The van der Waals surface area contributed by atoms with Gasteiger partial charge in [-0.1, -0.05) is 12.8 Å². The predicted octanol–water partition coefficient (Wildman–Crippen LogP) is 3.53. The highest BCUT2D eigenvalue weighted by molar-refractivity contribution is 5.53. The zero-order valence-corrected chi connectivity index (χ0v) is 15.4. The summed E-state index contributed by atoms with van der Waals surface area (Å²) in [6, 6.07) is 0.431. The van der Waals surface area contributed by atoms with Crippen molar-refractivity contribution in [2.45, 2.75) is 88.5 Å². The fraction of sp³-hybridized carbons (Fsp3) is 0.800. The fourth-order valence-electron chi connectivity index (χ4n) is 5.46. The lowest BCUT2D eigenvalue weighted by atomic mass is 9.72. The number of nitrogens with two attached hydrogens (primary N) is 2. The lowest BCUT2D eigenvalue weighted by molar-refractivity contribution is 0.316. The summed E-state index contributed by atoms with van der Waals surface area (Å²) in [6.45, 7) is 0.982. The van der Waals surface area contributed by atoms with Crippen molar-refractivity contribution in [1.29, 1.82) is 0 Å². The maximum absolute atomic E-state index is 6.09. The van der Waals surface area contributed by atoms with Gasteiger partial charge in [-0.05, 0) is 70.1 Å². The molecule has 0 unspecified atom stereocenters. The minimum atomic E-state index is 0.292. The molecular weight excluding hydrogens is 310 g/mol. The van der Waals surface area contributed by atoms with Gasteiger partial charge in [-0.15, -0.1) is 0 Å². The number of nitrogens with one attached hydrogen (secondary N) is 1. The van der Waals surface area contributed by atoms with E-state index in [0.29, 0.717) is 17.4 Å². The van der Waals surface area contributed by atoms with Crippen molar-refractivity contribution in [2.75, 3.05) is 17.6 Å². The van der Waals surface area contributed by atoms with E-state index in [1.807, 2.05) is 0 Å². The largest absolute Gasteiger partial charge is 0.370 e. The monoisotopic (exact) mass is 343 g/mol. The lowest BCUT2D eigenvalue weighted by Crippen LogP contribution is -2.31. The molecule has 2 saturated carbocycles. The van der Waals surface area contributed by atoms with Crippen molar-refractivity contribution in [3.63, 3.8) is 0 Å². The van der Waals surface area contributed by atoms with Crippen molar-refractivity contribution in [1.82, 2.24) is 9.97 Å². The molecule has 3 aliphatic carbocycles. The smallest absolute Gasteiger partial charge is 0.222 e. The average molecular weight is 344 g/mol. The molecule has 25 heavy (non-hydrogen) atoms. The summed E-state index contributed by atoms with van der Waals surface area (Å²) in [7, 11) is 0. The van der Waals surface area contributed by atoms with Crippen LogP contribution in [0.1, 0.15) is 81.9 Å². The third-order valence-corrected chi connectivity index (χ3v) is 6.91. The first-order valence-corrected chi connectivity index (χ1v) is 10.3. The van der Waals surface area contributed by atoms with Crippen molar-refractivity contribution in [3.8, 4) is 0 Å². The molecule has 1 heterocycles. The van der Waals surface area contributed by atoms with E-state index in [4.69, 9.17) is 16.5 Å². The first-order chi connectivity index (χ1) is 12.2. The van der Waals surface area contributed by atoms with Crippen LogP contribution in [-0.4, -0.2) is 22.6 Å². The molecule has 0 bridgehead atoms. The fourth-order valence-corrected chi connectivity index (χ4v) is 5.46. The number of hydrogen-bond acceptors (Lipinski definition) is 5. The van der Waals surface area contributed by atoms with E-state index in [-0.39, 0.29) is 0 Å². The van der Waals surface area contributed by atoms with Gasteiger partial charge < -0.3 is 16.8 Å². The van der Waals surface area contributed by atoms with Gasteiger partial charge in [-0.25, -0.2) is 4.98 Å². The Morgan fingerprint density at radius 2 is 1.72 bits per heavy atom. The standard InChI is InChI=1S/C20H33N5/c21-15-7-5-14(6-8-15)9-13-23-18-16-4-3-12-20(10-1-2-11-20)17(16)24-19(22)25-18/h14-15H,1-13,21H2,(H3,22,23,24,25)/t14-,15-. The molecule has 1 spiro atoms. The van der Waals surface area contributed by atoms with Crippen LogP contribution in [0.5, 0.6) is 0 Å². The molecule has 2 fully saturated rings. The van der Waals surface area contributed by atoms with Gasteiger partial charge in [0.25, 0.3) is 0 Å². The molecule has 5 N–H and O–H groups in total. The van der Waals surface area contributed by atoms with Gasteiger partial charge in [-0.2, -0.15) is 4.98 Å². The number of hydrogen-bond donors (Lipinski definition) is 3. The van der Waals surface area contributed by atoms with Crippen molar-refractivity contribution in [2.24, 2.45) is 11.7 Å². The average Bonchev–Trinajstić information content (AvgIpc) is 3.07. The molecule has 0 amide bonds. The molecule has 1 aromatic rings. The van der Waals surface area contributed by atoms with E-state index in [9.17, 15) is 0 Å². The number of nitrogen functional groups attached to an aromatic ring is 1. The number of anilines is 2. The van der Waals surface area contributed by atoms with Crippen LogP contribution in [0.2, 0.25) is 0 Å². The summed E-state index contributed by atoms with van der Waals surface area (Å²) in [6.07, 6.45) is 15.0. The zero-order valence-electron chi connectivity index (χ0n) is 15.4. The third-order valence-electron chi connectivity index (χ3n) is 6.91. The van der Waals surface area contributed by atoms with E-state index in [0.717, 1.165) is 24.7 Å². The molecule has 138 valence electrons. The number of fused-ring (bicyclic) bond motifs is 2. The molecule has 0 aromatic carbocycles. The molecule has 3 aliphatic rings. The molecule has 0 radical (unpaired) electrons. The lowest BCUT2D eigenvalue weighted by Gasteiger charge is -2.35. The minimum absolute atomic E-state index is 0.292. The first-order valence-electron chi connectivity index (χ1n) is 10.3. The third kappa shape index (κ3) is 3.48. The van der Waals surface area contributed by atoms with Crippen LogP contribution in [0, 0.1) is 5.92 Å². The normalized spacial score (nSPS) is 28.0. The Morgan fingerprint density at radius 1 is 1.00 bits per heavy atom. The number of nitrogens with zero attached hydrogens (tertiary/aromatic N) is 2. The molecule has 5 heteroatoms. The Balaban J connectivity index is 1.46. The highest BCUT2D eigenvalue weighted by Gasteiger charge is 2.41. The molecule has 0 atom stereocenters. The Labute approximate surface area is 151 Å². The van der Waals surface area contributed by atoms with Crippen molar-refractivity contribution < 1.29 is 0 Å². The second kappa shape index (κ2) is 7.10. The first kappa shape index (κ1) is 17.1. The van der Waals surface area contributed by atoms with Gasteiger partial charge in [-0.3, -0.25) is 0 Å². The van der Waals surface area contributed by atoms with Gasteiger partial charge >= 0.3 is 0 Å². The number of rotatable bonds is 4. The van der Waals surface area contributed by atoms with Crippen LogP contribution >= 0.6 is 0 Å². The summed E-state index contributed by atoms with van der Waals surface area (Å²) < 4.78 is 0. The van der Waals surface area contributed by atoms with Crippen molar-refractivity contribution >= 4 is 11.8 Å². The Morgan fingerprint density at radius 3 is 2.48 bits per heavy atom. The van der Waals surface area contributed by atoms with Gasteiger partial charge in [0.1, 0.15) is 5.82 Å². The molecule has 5 nitrogen and oxygen atoms in total. The van der Waals surface area contributed by atoms with Gasteiger partial charge in [0.2, 0.25) is 5.95 Å². The molecule has 1 aromatic heterocycles. The second-order valence-electron chi connectivity index (χ2n) is 8.59. The topological polar surface area (TPSA) is 89.8 Å². The summed E-state index contributed by atoms with van der Waals surface area (Å²) in [5.41, 5.74) is 15.0. The van der Waals surface area contributed by atoms with E-state index >= 15 is 0 Å². The molecular formula is C20H33N5. The van der Waals surface area contributed by atoms with E-state index in [1.54, 1.807) is 0 Å². The summed E-state index contributed by atoms with van der Waals surface area (Å²) in [5.74, 6) is 2.27. The zero-order chi connectivity index (χ0) is 17.3. The van der Waals surface area contributed by atoms with Gasteiger partial charge in [0.15, 0.2) is 0 Å². The molecule has 0 saturated heterocycles. The Hall–Kier alpha value is -1.36. The summed E-state index contributed by atoms with van der Waals surface area (Å²) in [4.78, 5) is 9.30. The second-order valence-corrected chi connectivity index (χ2v) is 8.59. The SMILES string of the molecule is Nc1nc(NCC[C@H]2CC[C@H](N)CC2)c2c(n1)C1(CCCC1)CCC2. The highest BCUT2D eigenvalue weighted by Crippen LogP contribution is 2.49. The summed E-state index contributed by atoms with van der Waals surface area (Å²) >= 11 is 0. The Bertz CT molecular complexity index is 600. The number of aromatic nitrogens is 2. The van der Waals surface area contributed by atoms with E-state index in [1.165, 1.54) is 81.9 Å². The van der Waals surface area contributed by atoms with Crippen LogP contribution in [0.4, 0.5) is 11.8 Å². The van der Waals surface area contributed by atoms with Crippen LogP contribution in [-0.2, 0) is 11.8 Å². The highest BCUT2D eigenvalue weighted by atomic mass is 15.1. The van der Waals surface area contributed by atoms with Crippen LogP contribution in [0.25, 0.3) is 0 Å². The van der Waals surface area contributed by atoms with Gasteiger partial charge in [0, 0.05) is 23.6 Å². The van der Waals surface area contributed by atoms with Crippen LogP contribution in [0.3, 0.4) is 0 Å². The minimum Gasteiger partial charge on any atom is -0.370 e. The van der Waals surface area contributed by atoms with Crippen LogP contribution in [0.15, 0.2) is 0 Å². The molecule has 0 aliphatic heterocycles.